The van der Waals surface area contributed by atoms with Crippen molar-refractivity contribution in [3.63, 3.8) is 0 Å². The van der Waals surface area contributed by atoms with Crippen molar-refractivity contribution in [3.8, 4) is 0 Å². The van der Waals surface area contributed by atoms with Crippen LogP contribution in [0.4, 0.5) is 0 Å². The van der Waals surface area contributed by atoms with Crippen LogP contribution in [0, 0.1) is 5.92 Å². The fraction of sp³-hybridized carbons (Fsp3) is 0.357. The number of nitrogens with zero attached hydrogens (tertiary/aromatic N) is 1. The Morgan fingerprint density at radius 1 is 1.42 bits per heavy atom. The summed E-state index contributed by atoms with van der Waals surface area (Å²) in [7, 11) is 0. The minimum Gasteiger partial charge on any atom is -0.312 e. The molecule has 0 saturated carbocycles. The van der Waals surface area contributed by atoms with Crippen LogP contribution in [0.15, 0.2) is 39.0 Å². The zero-order valence-corrected chi connectivity index (χ0v) is 13.4. The molecule has 0 saturated heterocycles. The Hall–Kier alpha value is -0.550. The van der Waals surface area contributed by atoms with Crippen molar-refractivity contribution in [3.05, 3.63) is 40.4 Å². The lowest BCUT2D eigenvalue weighted by molar-refractivity contribution is 0.550. The molecular formula is C14H17ClN2S2. The summed E-state index contributed by atoms with van der Waals surface area (Å²) in [5.74, 6) is 0.647. The van der Waals surface area contributed by atoms with Crippen LogP contribution in [-0.2, 0) is 6.54 Å². The van der Waals surface area contributed by atoms with Crippen LogP contribution >= 0.6 is 34.7 Å². The number of aromatic nitrogens is 1. The van der Waals surface area contributed by atoms with E-state index in [2.05, 4.69) is 30.2 Å². The van der Waals surface area contributed by atoms with Gasteiger partial charge in [-0.15, -0.1) is 11.3 Å². The quantitative estimate of drug-likeness (QED) is 0.837. The molecule has 0 aliphatic heterocycles. The number of nitrogens with one attached hydrogen (secondary N) is 1. The van der Waals surface area contributed by atoms with Gasteiger partial charge in [0.25, 0.3) is 0 Å². The lowest BCUT2D eigenvalue weighted by Crippen LogP contribution is -2.19. The molecule has 1 heterocycles. The molecule has 5 heteroatoms. The number of benzene rings is 1. The minimum absolute atomic E-state index is 0.647. The van der Waals surface area contributed by atoms with Crippen molar-refractivity contribution in [1.29, 1.82) is 0 Å². The van der Waals surface area contributed by atoms with Gasteiger partial charge >= 0.3 is 0 Å². The van der Waals surface area contributed by atoms with Gasteiger partial charge in [-0.25, -0.2) is 4.98 Å². The molecular weight excluding hydrogens is 296 g/mol. The van der Waals surface area contributed by atoms with Crippen molar-refractivity contribution < 1.29 is 0 Å². The van der Waals surface area contributed by atoms with Gasteiger partial charge in [0.2, 0.25) is 0 Å². The smallest absolute Gasteiger partial charge is 0.154 e. The van der Waals surface area contributed by atoms with E-state index in [4.69, 9.17) is 11.6 Å². The predicted octanol–water partition coefficient (Wildman–Crippen LogP) is 4.69. The van der Waals surface area contributed by atoms with Crippen LogP contribution in [0.5, 0.6) is 0 Å². The van der Waals surface area contributed by atoms with E-state index in [0.29, 0.717) is 5.92 Å². The van der Waals surface area contributed by atoms with E-state index in [1.165, 1.54) is 5.56 Å². The van der Waals surface area contributed by atoms with Gasteiger partial charge in [0.1, 0.15) is 0 Å². The number of halogens is 1. The first-order valence-electron chi connectivity index (χ1n) is 6.22. The molecule has 0 fully saturated rings. The molecule has 1 aromatic heterocycles. The number of hydrogen-bond acceptors (Lipinski definition) is 4. The molecule has 0 unspecified atom stereocenters. The fourth-order valence-electron chi connectivity index (χ4n) is 1.65. The SMILES string of the molecule is CC(C)CNCc1cccc(Cl)c1Sc1nccs1. The number of hydrogen-bond donors (Lipinski definition) is 1. The van der Waals surface area contributed by atoms with E-state index in [-0.39, 0.29) is 0 Å². The molecule has 2 aromatic rings. The summed E-state index contributed by atoms with van der Waals surface area (Å²) in [5, 5.41) is 6.24. The van der Waals surface area contributed by atoms with Crippen LogP contribution in [0.3, 0.4) is 0 Å². The highest BCUT2D eigenvalue weighted by atomic mass is 35.5. The molecule has 0 radical (unpaired) electrons. The molecule has 2 nitrogen and oxygen atoms in total. The van der Waals surface area contributed by atoms with E-state index in [1.807, 2.05) is 23.7 Å². The highest BCUT2D eigenvalue weighted by Crippen LogP contribution is 2.36. The number of thiazole rings is 1. The Morgan fingerprint density at radius 3 is 2.95 bits per heavy atom. The van der Waals surface area contributed by atoms with E-state index < -0.39 is 0 Å². The molecule has 102 valence electrons. The molecule has 0 spiro atoms. The monoisotopic (exact) mass is 312 g/mol. The van der Waals surface area contributed by atoms with Gasteiger partial charge in [0.05, 0.1) is 5.02 Å². The van der Waals surface area contributed by atoms with Gasteiger partial charge in [0, 0.05) is 23.0 Å². The van der Waals surface area contributed by atoms with Crippen molar-refractivity contribution in [2.75, 3.05) is 6.54 Å². The Labute approximate surface area is 127 Å². The first-order valence-corrected chi connectivity index (χ1v) is 8.29. The Kier molecular flexibility index (Phi) is 5.70. The van der Waals surface area contributed by atoms with Crippen LogP contribution in [0.1, 0.15) is 19.4 Å². The zero-order chi connectivity index (χ0) is 13.7. The summed E-state index contributed by atoms with van der Waals surface area (Å²) in [6.07, 6.45) is 1.82. The van der Waals surface area contributed by atoms with Crippen LogP contribution in [-0.4, -0.2) is 11.5 Å². The topological polar surface area (TPSA) is 24.9 Å². The fourth-order valence-corrected chi connectivity index (χ4v) is 3.65. The largest absolute Gasteiger partial charge is 0.312 e. The Morgan fingerprint density at radius 2 is 2.26 bits per heavy atom. The highest BCUT2D eigenvalue weighted by molar-refractivity contribution is 8.01. The molecule has 2 rings (SSSR count). The molecule has 0 amide bonds. The lowest BCUT2D eigenvalue weighted by Gasteiger charge is -2.12. The average Bonchev–Trinajstić information content (AvgIpc) is 2.85. The number of rotatable bonds is 6. The van der Waals surface area contributed by atoms with Crippen LogP contribution in [0.25, 0.3) is 0 Å². The van der Waals surface area contributed by atoms with Crippen LogP contribution in [0.2, 0.25) is 5.02 Å². The maximum atomic E-state index is 6.32. The van der Waals surface area contributed by atoms with E-state index in [1.54, 1.807) is 23.1 Å². The second-order valence-corrected chi connectivity index (χ2v) is 7.21. The molecule has 0 atom stereocenters. The third kappa shape index (κ3) is 4.49. The normalized spacial score (nSPS) is 11.2. The Bertz CT molecular complexity index is 512. The third-order valence-electron chi connectivity index (χ3n) is 2.52. The standard InChI is InChI=1S/C14H17ClN2S2/c1-10(2)8-16-9-11-4-3-5-12(15)13(11)19-14-17-6-7-18-14/h3-7,10,16H,8-9H2,1-2H3. The van der Waals surface area contributed by atoms with E-state index >= 15 is 0 Å². The van der Waals surface area contributed by atoms with E-state index in [9.17, 15) is 0 Å². The van der Waals surface area contributed by atoms with Crippen molar-refractivity contribution >= 4 is 34.7 Å². The summed E-state index contributed by atoms with van der Waals surface area (Å²) in [6, 6.07) is 6.05. The predicted molar refractivity (Wildman–Crippen MR) is 84.2 cm³/mol. The minimum atomic E-state index is 0.647. The molecule has 0 aliphatic carbocycles. The van der Waals surface area contributed by atoms with Gasteiger partial charge in [0.15, 0.2) is 4.34 Å². The van der Waals surface area contributed by atoms with Crippen LogP contribution < -0.4 is 5.32 Å². The average molecular weight is 313 g/mol. The summed E-state index contributed by atoms with van der Waals surface area (Å²) < 4.78 is 1.03. The summed E-state index contributed by atoms with van der Waals surface area (Å²) in [4.78, 5) is 5.41. The summed E-state index contributed by atoms with van der Waals surface area (Å²) >= 11 is 9.59. The first kappa shape index (κ1) is 14.9. The molecule has 0 bridgehead atoms. The molecule has 19 heavy (non-hydrogen) atoms. The van der Waals surface area contributed by atoms with Gasteiger partial charge < -0.3 is 5.32 Å². The second-order valence-electron chi connectivity index (χ2n) is 4.65. The molecule has 0 aliphatic rings. The first-order chi connectivity index (χ1) is 9.16. The summed E-state index contributed by atoms with van der Waals surface area (Å²) in [5.41, 5.74) is 1.23. The highest BCUT2D eigenvalue weighted by Gasteiger charge is 2.10. The second kappa shape index (κ2) is 7.29. The van der Waals surface area contributed by atoms with Crippen molar-refractivity contribution in [2.45, 2.75) is 29.6 Å². The maximum Gasteiger partial charge on any atom is 0.154 e. The van der Waals surface area contributed by atoms with Gasteiger partial charge in [-0.05, 0) is 24.1 Å². The maximum absolute atomic E-state index is 6.32. The van der Waals surface area contributed by atoms with Crippen molar-refractivity contribution in [1.82, 2.24) is 10.3 Å². The lowest BCUT2D eigenvalue weighted by atomic mass is 10.2. The van der Waals surface area contributed by atoms with Gasteiger partial charge in [-0.1, -0.05) is 49.3 Å². The summed E-state index contributed by atoms with van der Waals surface area (Å²) in [6.45, 7) is 6.26. The molecule has 1 aromatic carbocycles. The van der Waals surface area contributed by atoms with Crippen molar-refractivity contribution in [2.24, 2.45) is 5.92 Å². The third-order valence-corrected chi connectivity index (χ3v) is 5.01. The van der Waals surface area contributed by atoms with Gasteiger partial charge in [-0.3, -0.25) is 0 Å². The van der Waals surface area contributed by atoms with E-state index in [0.717, 1.165) is 27.3 Å². The zero-order valence-electron chi connectivity index (χ0n) is 11.0. The molecule has 1 N–H and O–H groups in total. The Balaban J connectivity index is 2.11. The van der Waals surface area contributed by atoms with Gasteiger partial charge in [-0.2, -0.15) is 0 Å².